The van der Waals surface area contributed by atoms with Crippen LogP contribution in [0.15, 0.2) is 29.3 Å². The van der Waals surface area contributed by atoms with Crippen molar-refractivity contribution in [2.75, 3.05) is 0 Å². The molecule has 21 heavy (non-hydrogen) atoms. The van der Waals surface area contributed by atoms with Gasteiger partial charge in [-0.05, 0) is 44.9 Å². The maximum Gasteiger partial charge on any atom is 0.241 e. The van der Waals surface area contributed by atoms with Crippen LogP contribution in [0.3, 0.4) is 0 Å². The number of hydrogen-bond acceptors (Lipinski definition) is 3. The molecule has 5 nitrogen and oxygen atoms in total. The zero-order valence-corrected chi connectivity index (χ0v) is 13.8. The monoisotopic (exact) mass is 307 g/mol. The molecule has 0 aliphatic rings. The van der Waals surface area contributed by atoms with Crippen LogP contribution >= 0.6 is 0 Å². The van der Waals surface area contributed by atoms with E-state index in [2.05, 4.69) is 9.82 Å². The molecular weight excluding hydrogens is 286 g/mol. The van der Waals surface area contributed by atoms with Crippen LogP contribution in [0.2, 0.25) is 0 Å². The van der Waals surface area contributed by atoms with Crippen molar-refractivity contribution in [3.05, 3.63) is 46.8 Å². The molecule has 0 spiro atoms. The summed E-state index contributed by atoms with van der Waals surface area (Å²) in [6, 6.07) is 5.09. The summed E-state index contributed by atoms with van der Waals surface area (Å²) in [7, 11) is -1.73. The van der Waals surface area contributed by atoms with Crippen LogP contribution in [0.4, 0.5) is 0 Å². The maximum absolute atomic E-state index is 12.6. The Labute approximate surface area is 126 Å². The number of nitrogens with zero attached hydrogens (tertiary/aromatic N) is 2. The van der Waals surface area contributed by atoms with Crippen molar-refractivity contribution in [2.24, 2.45) is 7.05 Å². The normalized spacial score (nSPS) is 13.4. The van der Waals surface area contributed by atoms with Crippen LogP contribution in [0.25, 0.3) is 0 Å². The Morgan fingerprint density at radius 3 is 2.48 bits per heavy atom. The molecule has 2 rings (SSSR count). The molecule has 1 aromatic heterocycles. The molecule has 0 saturated carbocycles. The molecule has 0 fully saturated rings. The highest BCUT2D eigenvalue weighted by Gasteiger charge is 2.22. The minimum Gasteiger partial charge on any atom is -0.275 e. The second kappa shape index (κ2) is 5.61. The van der Waals surface area contributed by atoms with E-state index >= 15 is 0 Å². The number of nitrogens with one attached hydrogen (secondary N) is 1. The second-order valence-electron chi connectivity index (χ2n) is 5.46. The minimum absolute atomic E-state index is 0.330. The smallest absolute Gasteiger partial charge is 0.241 e. The largest absolute Gasteiger partial charge is 0.275 e. The van der Waals surface area contributed by atoms with Gasteiger partial charge in [0.15, 0.2) is 0 Å². The zero-order chi connectivity index (χ0) is 15.8. The first kappa shape index (κ1) is 15.7. The fraction of sp³-hybridized carbons (Fsp3) is 0.400. The standard InChI is InChI=1S/C15H21N3O2S/c1-10-6-7-11(2)15(8-10)21(19,20)17-13(4)14-9-18(5)16-12(14)3/h6-9,13,17H,1-5H3. The van der Waals surface area contributed by atoms with Gasteiger partial charge >= 0.3 is 0 Å². The van der Waals surface area contributed by atoms with Gasteiger partial charge in [-0.3, -0.25) is 4.68 Å². The number of aromatic nitrogens is 2. The highest BCUT2D eigenvalue weighted by Crippen LogP contribution is 2.21. The third-order valence-corrected chi connectivity index (χ3v) is 5.17. The summed E-state index contributed by atoms with van der Waals surface area (Å²) in [6.07, 6.45) is 1.84. The summed E-state index contributed by atoms with van der Waals surface area (Å²) in [5, 5.41) is 4.25. The van der Waals surface area contributed by atoms with Gasteiger partial charge in [-0.2, -0.15) is 5.10 Å². The van der Waals surface area contributed by atoms with Gasteiger partial charge in [0.1, 0.15) is 0 Å². The summed E-state index contributed by atoms with van der Waals surface area (Å²) in [5.74, 6) is 0. The van der Waals surface area contributed by atoms with Gasteiger partial charge in [0.25, 0.3) is 0 Å². The van der Waals surface area contributed by atoms with Gasteiger partial charge in [0.2, 0.25) is 10.0 Å². The van der Waals surface area contributed by atoms with Gasteiger partial charge in [-0.15, -0.1) is 0 Å². The Balaban J connectivity index is 2.33. The van der Waals surface area contributed by atoms with Crippen molar-refractivity contribution in [3.63, 3.8) is 0 Å². The average molecular weight is 307 g/mol. The third-order valence-electron chi connectivity index (χ3n) is 3.48. The lowest BCUT2D eigenvalue weighted by atomic mass is 10.1. The molecule has 0 saturated heterocycles. The summed E-state index contributed by atoms with van der Waals surface area (Å²) in [4.78, 5) is 0.330. The SMILES string of the molecule is Cc1ccc(C)c(S(=O)(=O)NC(C)c2cn(C)nc2C)c1. The molecule has 1 heterocycles. The van der Waals surface area contributed by atoms with Crippen LogP contribution in [0.1, 0.15) is 35.3 Å². The number of aryl methyl sites for hydroxylation is 4. The molecule has 0 aliphatic carbocycles. The van der Waals surface area contributed by atoms with Gasteiger partial charge in [0, 0.05) is 24.8 Å². The molecule has 0 radical (unpaired) electrons. The van der Waals surface area contributed by atoms with E-state index in [4.69, 9.17) is 0 Å². The maximum atomic E-state index is 12.6. The quantitative estimate of drug-likeness (QED) is 0.943. The lowest BCUT2D eigenvalue weighted by Crippen LogP contribution is -2.27. The molecule has 6 heteroatoms. The lowest BCUT2D eigenvalue weighted by molar-refractivity contribution is 0.565. The molecule has 0 aliphatic heterocycles. The van der Waals surface area contributed by atoms with Gasteiger partial charge in [0.05, 0.1) is 10.6 Å². The highest BCUT2D eigenvalue weighted by atomic mass is 32.2. The Bertz CT molecular complexity index is 763. The Hall–Kier alpha value is -1.66. The molecule has 1 N–H and O–H groups in total. The van der Waals surface area contributed by atoms with Crippen LogP contribution in [0.5, 0.6) is 0 Å². The van der Waals surface area contributed by atoms with E-state index in [0.717, 1.165) is 22.4 Å². The summed E-state index contributed by atoms with van der Waals surface area (Å²) in [6.45, 7) is 7.38. The number of sulfonamides is 1. The van der Waals surface area contributed by atoms with Gasteiger partial charge < -0.3 is 0 Å². The van der Waals surface area contributed by atoms with Crippen LogP contribution in [-0.2, 0) is 17.1 Å². The predicted molar refractivity (Wildman–Crippen MR) is 82.6 cm³/mol. The summed E-state index contributed by atoms with van der Waals surface area (Å²) in [5.41, 5.74) is 3.37. The second-order valence-corrected chi connectivity index (χ2v) is 7.14. The molecule has 114 valence electrons. The van der Waals surface area contributed by atoms with Crippen LogP contribution in [-0.4, -0.2) is 18.2 Å². The number of benzene rings is 1. The summed E-state index contributed by atoms with van der Waals surface area (Å²) < 4.78 is 29.6. The Kier molecular flexibility index (Phi) is 4.20. The number of rotatable bonds is 4. The molecule has 2 aromatic rings. The van der Waals surface area contributed by atoms with Crippen molar-refractivity contribution in [3.8, 4) is 0 Å². The van der Waals surface area contributed by atoms with Crippen LogP contribution in [0, 0.1) is 20.8 Å². The van der Waals surface area contributed by atoms with E-state index in [1.165, 1.54) is 0 Å². The topological polar surface area (TPSA) is 64.0 Å². The molecule has 0 amide bonds. The first-order valence-corrected chi connectivity index (χ1v) is 8.29. The number of hydrogen-bond donors (Lipinski definition) is 1. The van der Waals surface area contributed by atoms with E-state index in [-0.39, 0.29) is 6.04 Å². The average Bonchev–Trinajstić information content (AvgIpc) is 2.71. The lowest BCUT2D eigenvalue weighted by Gasteiger charge is -2.15. The minimum atomic E-state index is -3.56. The molecule has 1 unspecified atom stereocenters. The van der Waals surface area contributed by atoms with E-state index in [9.17, 15) is 8.42 Å². The van der Waals surface area contributed by atoms with E-state index in [1.54, 1.807) is 17.7 Å². The molecule has 1 aromatic carbocycles. The molecule has 0 bridgehead atoms. The summed E-state index contributed by atoms with van der Waals surface area (Å²) >= 11 is 0. The van der Waals surface area contributed by atoms with Gasteiger partial charge in [-0.1, -0.05) is 12.1 Å². The molecular formula is C15H21N3O2S. The van der Waals surface area contributed by atoms with Gasteiger partial charge in [-0.25, -0.2) is 13.1 Å². The molecule has 1 atom stereocenters. The van der Waals surface area contributed by atoms with Crippen molar-refractivity contribution in [1.29, 1.82) is 0 Å². The fourth-order valence-corrected chi connectivity index (χ4v) is 3.95. The van der Waals surface area contributed by atoms with E-state index < -0.39 is 10.0 Å². The Morgan fingerprint density at radius 2 is 1.90 bits per heavy atom. The van der Waals surface area contributed by atoms with Crippen LogP contribution < -0.4 is 4.72 Å². The van der Waals surface area contributed by atoms with Crippen molar-refractivity contribution in [1.82, 2.24) is 14.5 Å². The predicted octanol–water partition coefficient (Wildman–Crippen LogP) is 2.38. The van der Waals surface area contributed by atoms with E-state index in [0.29, 0.717) is 4.90 Å². The first-order chi connectivity index (χ1) is 9.70. The van der Waals surface area contributed by atoms with Crippen molar-refractivity contribution < 1.29 is 8.42 Å². The third kappa shape index (κ3) is 3.33. The Morgan fingerprint density at radius 1 is 1.24 bits per heavy atom. The zero-order valence-electron chi connectivity index (χ0n) is 13.0. The van der Waals surface area contributed by atoms with E-state index in [1.807, 2.05) is 46.1 Å². The fourth-order valence-electron chi connectivity index (χ4n) is 2.40. The van der Waals surface area contributed by atoms with Crippen molar-refractivity contribution in [2.45, 2.75) is 38.6 Å². The highest BCUT2D eigenvalue weighted by molar-refractivity contribution is 7.89. The van der Waals surface area contributed by atoms with Crippen molar-refractivity contribution >= 4 is 10.0 Å². The first-order valence-electron chi connectivity index (χ1n) is 6.80.